The summed E-state index contributed by atoms with van der Waals surface area (Å²) in [5.74, 6) is 0.925. The molecule has 0 fully saturated rings. The van der Waals surface area contributed by atoms with Gasteiger partial charge in [0.25, 0.3) is 6.47 Å². The maximum atomic E-state index is 8.36. The van der Waals surface area contributed by atoms with E-state index in [4.69, 9.17) is 14.6 Å². The lowest BCUT2D eigenvalue weighted by atomic mass is 10.1. The van der Waals surface area contributed by atoms with Crippen molar-refractivity contribution in [1.29, 1.82) is 0 Å². The van der Waals surface area contributed by atoms with Gasteiger partial charge in [-0.1, -0.05) is 26.0 Å². The van der Waals surface area contributed by atoms with E-state index in [0.717, 1.165) is 18.7 Å². The van der Waals surface area contributed by atoms with Gasteiger partial charge in [0.1, 0.15) is 5.75 Å². The van der Waals surface area contributed by atoms with Crippen molar-refractivity contribution < 1.29 is 14.6 Å². The summed E-state index contributed by atoms with van der Waals surface area (Å²) in [6.07, 6.45) is 1.09. The van der Waals surface area contributed by atoms with E-state index in [1.807, 2.05) is 26.0 Å². The molecular formula is C14H25NO3. The Morgan fingerprint density at radius 3 is 2.00 bits per heavy atom. The first-order chi connectivity index (χ1) is 8.63. The summed E-state index contributed by atoms with van der Waals surface area (Å²) in [4.78, 5) is 10.5. The predicted molar refractivity (Wildman–Crippen MR) is 75.3 cm³/mol. The van der Waals surface area contributed by atoms with E-state index in [1.54, 1.807) is 7.11 Å². The van der Waals surface area contributed by atoms with E-state index in [0.29, 0.717) is 0 Å². The van der Waals surface area contributed by atoms with Gasteiger partial charge in [-0.15, -0.1) is 0 Å². The summed E-state index contributed by atoms with van der Waals surface area (Å²) in [6.45, 7) is 4.84. The number of hydrogen-bond donors (Lipinski definition) is 1. The average Bonchev–Trinajstić information content (AvgIpc) is 2.40. The van der Waals surface area contributed by atoms with Crippen LogP contribution in [0.1, 0.15) is 19.4 Å². The Morgan fingerprint density at radius 1 is 1.22 bits per heavy atom. The van der Waals surface area contributed by atoms with Crippen molar-refractivity contribution in [3.8, 4) is 5.75 Å². The third-order valence-corrected chi connectivity index (χ3v) is 2.01. The normalized spacial score (nSPS) is 8.56. The van der Waals surface area contributed by atoms with Crippen LogP contribution >= 0.6 is 0 Å². The minimum absolute atomic E-state index is 0.250. The van der Waals surface area contributed by atoms with E-state index in [9.17, 15) is 0 Å². The molecule has 0 aliphatic carbocycles. The topological polar surface area (TPSA) is 49.8 Å². The van der Waals surface area contributed by atoms with Crippen LogP contribution in [0.3, 0.4) is 0 Å². The van der Waals surface area contributed by atoms with E-state index in [1.165, 1.54) is 5.56 Å². The Kier molecular flexibility index (Phi) is 14.1. The van der Waals surface area contributed by atoms with Crippen molar-refractivity contribution in [2.45, 2.75) is 20.3 Å². The molecule has 0 aliphatic heterocycles. The van der Waals surface area contributed by atoms with Crippen LogP contribution in [0.4, 0.5) is 0 Å². The molecule has 4 nitrogen and oxygen atoms in total. The number of carbonyl (C=O) groups is 1. The number of hydrogen-bond acceptors (Lipinski definition) is 3. The van der Waals surface area contributed by atoms with Crippen LogP contribution in [0.5, 0.6) is 5.75 Å². The smallest absolute Gasteiger partial charge is 0.290 e. The summed E-state index contributed by atoms with van der Waals surface area (Å²) >= 11 is 0. The Labute approximate surface area is 110 Å². The molecule has 0 saturated heterocycles. The summed E-state index contributed by atoms with van der Waals surface area (Å²) in [6, 6.07) is 8.24. The first-order valence-electron chi connectivity index (χ1n) is 5.99. The quantitative estimate of drug-likeness (QED) is 0.840. The largest absolute Gasteiger partial charge is 0.497 e. The van der Waals surface area contributed by atoms with Crippen LogP contribution in [0.15, 0.2) is 24.3 Å². The van der Waals surface area contributed by atoms with E-state index >= 15 is 0 Å². The zero-order chi connectivity index (χ0) is 14.4. The second-order valence-corrected chi connectivity index (χ2v) is 3.51. The fraction of sp³-hybridized carbons (Fsp3) is 0.500. The van der Waals surface area contributed by atoms with E-state index < -0.39 is 0 Å². The van der Waals surface area contributed by atoms with Crippen molar-refractivity contribution in [3.63, 3.8) is 0 Å². The highest BCUT2D eigenvalue weighted by molar-refractivity contribution is 5.32. The van der Waals surface area contributed by atoms with E-state index in [2.05, 4.69) is 31.1 Å². The van der Waals surface area contributed by atoms with Crippen LogP contribution in [-0.4, -0.2) is 44.2 Å². The number of benzene rings is 1. The molecule has 0 unspecified atom stereocenters. The first kappa shape index (κ1) is 18.8. The predicted octanol–water partition coefficient (Wildman–Crippen LogP) is 2.53. The van der Waals surface area contributed by atoms with Crippen LogP contribution < -0.4 is 4.74 Å². The highest BCUT2D eigenvalue weighted by Gasteiger charge is 1.95. The van der Waals surface area contributed by atoms with Gasteiger partial charge in [-0.2, -0.15) is 0 Å². The van der Waals surface area contributed by atoms with Crippen molar-refractivity contribution in [2.24, 2.45) is 0 Å². The van der Waals surface area contributed by atoms with Gasteiger partial charge in [0, 0.05) is 6.54 Å². The zero-order valence-corrected chi connectivity index (χ0v) is 12.0. The molecule has 0 saturated carbocycles. The number of ether oxygens (including phenoxy) is 1. The fourth-order valence-electron chi connectivity index (χ4n) is 1.14. The molecule has 1 rings (SSSR count). The molecule has 1 aromatic rings. The van der Waals surface area contributed by atoms with Gasteiger partial charge in [0.05, 0.1) is 7.11 Å². The van der Waals surface area contributed by atoms with Crippen LogP contribution in [0.25, 0.3) is 0 Å². The fourth-order valence-corrected chi connectivity index (χ4v) is 1.14. The molecule has 4 heteroatoms. The lowest BCUT2D eigenvalue weighted by Crippen LogP contribution is -2.14. The van der Waals surface area contributed by atoms with Gasteiger partial charge < -0.3 is 14.7 Å². The third-order valence-electron chi connectivity index (χ3n) is 2.01. The summed E-state index contributed by atoms with van der Waals surface area (Å²) in [5, 5.41) is 6.89. The highest BCUT2D eigenvalue weighted by atomic mass is 16.5. The number of carboxylic acid groups (broad SMARTS) is 1. The monoisotopic (exact) mass is 255 g/mol. The molecule has 104 valence electrons. The average molecular weight is 255 g/mol. The summed E-state index contributed by atoms with van der Waals surface area (Å²) in [5.41, 5.74) is 1.36. The lowest BCUT2D eigenvalue weighted by Gasteiger charge is -2.09. The standard InChI is InChI=1S/C11H17NO.C2H6.CH2O2/c1-12(2)9-8-10-4-6-11(13-3)7-5-10;1-2;2-1-3/h4-7H,8-9H2,1-3H3;1-2H3;1H,(H,2,3). The molecule has 0 heterocycles. The number of nitrogens with zero attached hydrogens (tertiary/aromatic N) is 1. The molecule has 0 spiro atoms. The Balaban J connectivity index is 0. The molecule has 0 radical (unpaired) electrons. The minimum atomic E-state index is -0.250. The highest BCUT2D eigenvalue weighted by Crippen LogP contribution is 2.11. The summed E-state index contributed by atoms with van der Waals surface area (Å²) < 4.78 is 5.08. The SMILES string of the molecule is CC.COc1ccc(CCN(C)C)cc1.O=CO. The Bertz CT molecular complexity index is 284. The van der Waals surface area contributed by atoms with Crippen molar-refractivity contribution in [2.75, 3.05) is 27.7 Å². The summed E-state index contributed by atoms with van der Waals surface area (Å²) in [7, 11) is 5.86. The van der Waals surface area contributed by atoms with Crippen molar-refractivity contribution in [3.05, 3.63) is 29.8 Å². The maximum absolute atomic E-state index is 8.36. The third kappa shape index (κ3) is 11.0. The molecule has 0 aromatic heterocycles. The van der Waals surface area contributed by atoms with Gasteiger partial charge in [-0.25, -0.2) is 0 Å². The zero-order valence-electron chi connectivity index (χ0n) is 12.0. The van der Waals surface area contributed by atoms with Crippen molar-refractivity contribution >= 4 is 6.47 Å². The van der Waals surface area contributed by atoms with Crippen molar-refractivity contribution in [1.82, 2.24) is 4.90 Å². The molecule has 0 atom stereocenters. The second kappa shape index (κ2) is 13.5. The molecule has 0 aliphatic rings. The van der Waals surface area contributed by atoms with Gasteiger partial charge in [0.15, 0.2) is 0 Å². The van der Waals surface area contributed by atoms with Gasteiger partial charge in [-0.3, -0.25) is 4.79 Å². The number of likely N-dealkylation sites (N-methyl/N-ethyl adjacent to an activating group) is 1. The molecule has 0 bridgehead atoms. The molecule has 18 heavy (non-hydrogen) atoms. The van der Waals surface area contributed by atoms with Crippen LogP contribution in [0.2, 0.25) is 0 Å². The second-order valence-electron chi connectivity index (χ2n) is 3.51. The van der Waals surface area contributed by atoms with Gasteiger partial charge in [-0.05, 0) is 38.2 Å². The minimum Gasteiger partial charge on any atom is -0.497 e. The number of methoxy groups -OCH3 is 1. The maximum Gasteiger partial charge on any atom is 0.290 e. The lowest BCUT2D eigenvalue weighted by molar-refractivity contribution is -0.122. The van der Waals surface area contributed by atoms with Gasteiger partial charge in [0.2, 0.25) is 0 Å². The van der Waals surface area contributed by atoms with E-state index in [-0.39, 0.29) is 6.47 Å². The molecule has 1 N–H and O–H groups in total. The Hall–Kier alpha value is -1.55. The molecule has 1 aromatic carbocycles. The number of rotatable bonds is 4. The Morgan fingerprint density at radius 2 is 1.67 bits per heavy atom. The molecule has 0 amide bonds. The first-order valence-corrected chi connectivity index (χ1v) is 5.99. The van der Waals surface area contributed by atoms with Gasteiger partial charge >= 0.3 is 0 Å². The van der Waals surface area contributed by atoms with Crippen LogP contribution in [0, 0.1) is 0 Å². The van der Waals surface area contributed by atoms with Crippen LogP contribution in [-0.2, 0) is 11.2 Å². The molecular weight excluding hydrogens is 230 g/mol.